The van der Waals surface area contributed by atoms with Crippen molar-refractivity contribution in [2.24, 2.45) is 0 Å². The van der Waals surface area contributed by atoms with Gasteiger partial charge in [0.2, 0.25) is 0 Å². The lowest BCUT2D eigenvalue weighted by atomic mass is 9.98. The molecule has 120 valence electrons. The fraction of sp³-hybridized carbons (Fsp3) is 0.538. The molecule has 1 aliphatic heterocycles. The highest BCUT2D eigenvalue weighted by molar-refractivity contribution is 5.85. The summed E-state index contributed by atoms with van der Waals surface area (Å²) in [5, 5.41) is 12.5. The standard InChI is InChI=1S/C13H16F4N2O.ClH/c14-10-3-1-2-9(12(10)13(15,16)17)11(8-20)19-6-4-18-5-7-19;/h1-3,11,18,20H,4-8H2;1H/t11-;/m1./s1. The first-order chi connectivity index (χ1) is 9.45. The topological polar surface area (TPSA) is 35.5 Å². The summed E-state index contributed by atoms with van der Waals surface area (Å²) < 4.78 is 52.6. The van der Waals surface area contributed by atoms with Crippen LogP contribution in [0.3, 0.4) is 0 Å². The second-order valence-electron chi connectivity index (χ2n) is 4.69. The highest BCUT2D eigenvalue weighted by atomic mass is 35.5. The third-order valence-corrected chi connectivity index (χ3v) is 3.45. The Labute approximate surface area is 126 Å². The summed E-state index contributed by atoms with van der Waals surface area (Å²) in [7, 11) is 0. The quantitative estimate of drug-likeness (QED) is 0.835. The summed E-state index contributed by atoms with van der Waals surface area (Å²) in [4.78, 5) is 1.74. The Morgan fingerprint density at radius 2 is 1.86 bits per heavy atom. The number of nitrogens with one attached hydrogen (secondary N) is 1. The summed E-state index contributed by atoms with van der Waals surface area (Å²) in [5.41, 5.74) is -1.49. The van der Waals surface area contributed by atoms with E-state index in [9.17, 15) is 22.7 Å². The van der Waals surface area contributed by atoms with Crippen LogP contribution in [0.15, 0.2) is 18.2 Å². The minimum atomic E-state index is -4.78. The van der Waals surface area contributed by atoms with E-state index < -0.39 is 30.2 Å². The van der Waals surface area contributed by atoms with Gasteiger partial charge in [-0.1, -0.05) is 12.1 Å². The third kappa shape index (κ3) is 4.06. The first kappa shape index (κ1) is 18.2. The summed E-state index contributed by atoms with van der Waals surface area (Å²) in [6.07, 6.45) is -4.78. The lowest BCUT2D eigenvalue weighted by Gasteiger charge is -2.35. The predicted octanol–water partition coefficient (Wildman–Crippen LogP) is 2.20. The van der Waals surface area contributed by atoms with E-state index in [0.717, 1.165) is 6.07 Å². The number of benzene rings is 1. The zero-order valence-corrected chi connectivity index (χ0v) is 12.0. The number of piperazine rings is 1. The predicted molar refractivity (Wildman–Crippen MR) is 72.9 cm³/mol. The molecule has 1 heterocycles. The molecule has 0 saturated carbocycles. The molecular formula is C13H17ClF4N2O. The van der Waals surface area contributed by atoms with Crippen molar-refractivity contribution in [1.29, 1.82) is 0 Å². The molecule has 1 aromatic carbocycles. The Bertz CT molecular complexity index is 464. The first-order valence-corrected chi connectivity index (χ1v) is 6.36. The number of alkyl halides is 3. The molecule has 8 heteroatoms. The van der Waals surface area contributed by atoms with Crippen LogP contribution in [-0.4, -0.2) is 42.8 Å². The number of nitrogens with zero attached hydrogens (tertiary/aromatic N) is 1. The van der Waals surface area contributed by atoms with Crippen LogP contribution < -0.4 is 5.32 Å². The Kier molecular flexibility index (Phi) is 6.40. The largest absolute Gasteiger partial charge is 0.419 e. The SMILES string of the molecule is Cl.OC[C@H](c1cccc(F)c1C(F)(F)F)N1CCNCC1. The molecule has 3 nitrogen and oxygen atoms in total. The van der Waals surface area contributed by atoms with Crippen LogP contribution in [0.2, 0.25) is 0 Å². The van der Waals surface area contributed by atoms with Gasteiger partial charge < -0.3 is 10.4 Å². The van der Waals surface area contributed by atoms with E-state index in [-0.39, 0.29) is 18.0 Å². The molecule has 2 N–H and O–H groups in total. The smallest absolute Gasteiger partial charge is 0.394 e. The van der Waals surface area contributed by atoms with Gasteiger partial charge in [0.15, 0.2) is 0 Å². The number of rotatable bonds is 3. The van der Waals surface area contributed by atoms with Crippen molar-refractivity contribution in [3.05, 3.63) is 35.1 Å². The van der Waals surface area contributed by atoms with Crippen molar-refractivity contribution in [1.82, 2.24) is 10.2 Å². The van der Waals surface area contributed by atoms with Crippen LogP contribution in [0.1, 0.15) is 17.2 Å². The Morgan fingerprint density at radius 3 is 2.38 bits per heavy atom. The zero-order valence-electron chi connectivity index (χ0n) is 11.2. The van der Waals surface area contributed by atoms with E-state index in [1.54, 1.807) is 4.90 Å². The van der Waals surface area contributed by atoms with Crippen molar-refractivity contribution < 1.29 is 22.7 Å². The molecule has 1 aliphatic rings. The molecule has 0 radical (unpaired) electrons. The first-order valence-electron chi connectivity index (χ1n) is 6.36. The van der Waals surface area contributed by atoms with E-state index in [4.69, 9.17) is 0 Å². The van der Waals surface area contributed by atoms with Gasteiger partial charge in [-0.05, 0) is 11.6 Å². The van der Waals surface area contributed by atoms with Gasteiger partial charge >= 0.3 is 6.18 Å². The van der Waals surface area contributed by atoms with E-state index in [0.29, 0.717) is 26.2 Å². The second kappa shape index (κ2) is 7.40. The monoisotopic (exact) mass is 328 g/mol. The average molecular weight is 329 g/mol. The highest BCUT2D eigenvalue weighted by Crippen LogP contribution is 2.38. The van der Waals surface area contributed by atoms with E-state index in [1.165, 1.54) is 12.1 Å². The molecule has 2 rings (SSSR count). The molecule has 21 heavy (non-hydrogen) atoms. The van der Waals surface area contributed by atoms with Crippen LogP contribution >= 0.6 is 12.4 Å². The minimum Gasteiger partial charge on any atom is -0.394 e. The maximum Gasteiger partial charge on any atom is 0.419 e. The lowest BCUT2D eigenvalue weighted by Crippen LogP contribution is -2.46. The van der Waals surface area contributed by atoms with Crippen LogP contribution in [-0.2, 0) is 6.18 Å². The number of aliphatic hydroxyl groups excluding tert-OH is 1. The molecule has 0 aliphatic carbocycles. The summed E-state index contributed by atoms with van der Waals surface area (Å²) >= 11 is 0. The molecule has 0 bridgehead atoms. The fourth-order valence-electron chi connectivity index (χ4n) is 2.52. The Hall–Kier alpha value is -0.890. The number of aliphatic hydroxyl groups is 1. The third-order valence-electron chi connectivity index (χ3n) is 3.45. The molecule has 0 unspecified atom stereocenters. The number of hydrogen-bond donors (Lipinski definition) is 2. The van der Waals surface area contributed by atoms with Crippen LogP contribution in [0.4, 0.5) is 17.6 Å². The van der Waals surface area contributed by atoms with Crippen molar-refractivity contribution in [3.8, 4) is 0 Å². The highest BCUT2D eigenvalue weighted by Gasteiger charge is 2.39. The molecule has 1 saturated heterocycles. The molecule has 0 amide bonds. The number of hydrogen-bond acceptors (Lipinski definition) is 3. The van der Waals surface area contributed by atoms with E-state index >= 15 is 0 Å². The Balaban J connectivity index is 0.00000220. The average Bonchev–Trinajstić information content (AvgIpc) is 2.39. The van der Waals surface area contributed by atoms with Crippen molar-refractivity contribution in [3.63, 3.8) is 0 Å². The van der Waals surface area contributed by atoms with E-state index in [2.05, 4.69) is 5.32 Å². The summed E-state index contributed by atoms with van der Waals surface area (Å²) in [5.74, 6) is -1.30. The maximum absolute atomic E-state index is 13.6. The molecule has 1 aromatic rings. The van der Waals surface area contributed by atoms with Gasteiger partial charge in [-0.2, -0.15) is 13.2 Å². The van der Waals surface area contributed by atoms with Gasteiger partial charge in [-0.3, -0.25) is 4.90 Å². The van der Waals surface area contributed by atoms with Crippen molar-refractivity contribution >= 4 is 12.4 Å². The van der Waals surface area contributed by atoms with Gasteiger partial charge in [-0.15, -0.1) is 12.4 Å². The van der Waals surface area contributed by atoms with E-state index in [1.807, 2.05) is 0 Å². The van der Waals surface area contributed by atoms with Crippen LogP contribution in [0.25, 0.3) is 0 Å². The minimum absolute atomic E-state index is 0. The normalized spacial score (nSPS) is 18.1. The van der Waals surface area contributed by atoms with Crippen LogP contribution in [0.5, 0.6) is 0 Å². The lowest BCUT2D eigenvalue weighted by molar-refractivity contribution is -0.141. The molecule has 0 aromatic heterocycles. The maximum atomic E-state index is 13.6. The van der Waals surface area contributed by atoms with Crippen molar-refractivity contribution in [2.75, 3.05) is 32.8 Å². The molecular weight excluding hydrogens is 312 g/mol. The van der Waals surface area contributed by atoms with Gasteiger partial charge in [0.25, 0.3) is 0 Å². The second-order valence-corrected chi connectivity index (χ2v) is 4.69. The fourth-order valence-corrected chi connectivity index (χ4v) is 2.52. The molecule has 1 fully saturated rings. The summed E-state index contributed by atoms with van der Waals surface area (Å²) in [6.45, 7) is 1.81. The molecule has 0 spiro atoms. The molecule has 1 atom stereocenters. The van der Waals surface area contributed by atoms with Gasteiger partial charge in [-0.25, -0.2) is 4.39 Å². The summed E-state index contributed by atoms with van der Waals surface area (Å²) in [6, 6.07) is 2.42. The Morgan fingerprint density at radius 1 is 1.24 bits per heavy atom. The number of halogens is 5. The van der Waals surface area contributed by atoms with Gasteiger partial charge in [0.1, 0.15) is 5.82 Å². The van der Waals surface area contributed by atoms with Crippen LogP contribution in [0, 0.1) is 5.82 Å². The van der Waals surface area contributed by atoms with Gasteiger partial charge in [0, 0.05) is 26.2 Å². The zero-order chi connectivity index (χ0) is 14.8. The van der Waals surface area contributed by atoms with Crippen molar-refractivity contribution in [2.45, 2.75) is 12.2 Å². The van der Waals surface area contributed by atoms with Gasteiger partial charge in [0.05, 0.1) is 18.2 Å².